The first-order valence-electron chi connectivity index (χ1n) is 9.11. The molecule has 0 aliphatic carbocycles. The molecule has 1 aromatic heterocycles. The number of piperidine rings is 1. The molecule has 2 aromatic rings. The fourth-order valence-electron chi connectivity index (χ4n) is 3.43. The summed E-state index contributed by atoms with van der Waals surface area (Å²) < 4.78 is 11.4. The van der Waals surface area contributed by atoms with E-state index in [0.717, 1.165) is 16.9 Å². The summed E-state index contributed by atoms with van der Waals surface area (Å²) >= 11 is 6.15. The highest BCUT2D eigenvalue weighted by Crippen LogP contribution is 2.31. The minimum atomic E-state index is -0.479. The maximum atomic E-state index is 12.7. The summed E-state index contributed by atoms with van der Waals surface area (Å²) in [5.41, 5.74) is 3.14. The maximum Gasteiger partial charge on any atom is 0.272 e. The minimum Gasteiger partial charge on any atom is -0.354 e. The van der Waals surface area contributed by atoms with Crippen molar-refractivity contribution in [2.75, 3.05) is 31.6 Å². The molecule has 2 saturated heterocycles. The van der Waals surface area contributed by atoms with Crippen LogP contribution in [0.2, 0.25) is 5.02 Å². The number of hydrogen-bond donors (Lipinski definition) is 1. The largest absolute Gasteiger partial charge is 0.354 e. The van der Waals surface area contributed by atoms with Crippen molar-refractivity contribution in [2.24, 2.45) is 0 Å². The first kappa shape index (κ1) is 18.2. The standard InChI is InChI=1S/C20H22ClN3O3/c1-14-2-3-15(12-17(14)21)23-16-4-5-18(22-13-16)19(25)24-8-6-20(7-9-24)26-10-11-27-20/h2-5,12-13,23H,6-11H2,1H3. The van der Waals surface area contributed by atoms with E-state index in [-0.39, 0.29) is 5.91 Å². The van der Waals surface area contributed by atoms with Crippen molar-refractivity contribution in [1.29, 1.82) is 0 Å². The van der Waals surface area contributed by atoms with E-state index in [0.29, 0.717) is 49.9 Å². The fourth-order valence-corrected chi connectivity index (χ4v) is 3.61. The predicted octanol–water partition coefficient (Wildman–Crippen LogP) is 3.77. The first-order valence-corrected chi connectivity index (χ1v) is 9.49. The third-order valence-electron chi connectivity index (χ3n) is 5.07. The number of halogens is 1. The average Bonchev–Trinajstić information content (AvgIpc) is 3.13. The molecule has 142 valence electrons. The number of ether oxygens (including phenoxy) is 2. The zero-order chi connectivity index (χ0) is 18.9. The quantitative estimate of drug-likeness (QED) is 0.868. The lowest BCUT2D eigenvalue weighted by molar-refractivity contribution is -0.181. The molecule has 0 saturated carbocycles. The third kappa shape index (κ3) is 3.93. The van der Waals surface area contributed by atoms with Gasteiger partial charge in [-0.05, 0) is 36.8 Å². The molecule has 1 aromatic carbocycles. The van der Waals surface area contributed by atoms with E-state index in [2.05, 4.69) is 10.3 Å². The number of amides is 1. The molecule has 0 bridgehead atoms. The Kier molecular flexibility index (Phi) is 5.04. The van der Waals surface area contributed by atoms with Gasteiger partial charge in [-0.15, -0.1) is 0 Å². The van der Waals surface area contributed by atoms with Crippen LogP contribution in [0.15, 0.2) is 36.5 Å². The molecule has 2 fully saturated rings. The van der Waals surface area contributed by atoms with Gasteiger partial charge in [0, 0.05) is 36.6 Å². The number of aromatic nitrogens is 1. The second-order valence-corrected chi connectivity index (χ2v) is 7.33. The molecular weight excluding hydrogens is 366 g/mol. The summed E-state index contributed by atoms with van der Waals surface area (Å²) in [7, 11) is 0. The van der Waals surface area contributed by atoms with Gasteiger partial charge < -0.3 is 19.7 Å². The van der Waals surface area contributed by atoms with E-state index >= 15 is 0 Å². The molecular formula is C20H22ClN3O3. The van der Waals surface area contributed by atoms with Crippen molar-refractivity contribution in [3.05, 3.63) is 52.8 Å². The molecule has 3 heterocycles. The second kappa shape index (κ2) is 7.46. The first-order chi connectivity index (χ1) is 13.0. The normalized spacial score (nSPS) is 18.7. The van der Waals surface area contributed by atoms with Crippen LogP contribution < -0.4 is 5.32 Å². The molecule has 7 heteroatoms. The fraction of sp³-hybridized carbons (Fsp3) is 0.400. The van der Waals surface area contributed by atoms with Gasteiger partial charge in [-0.25, -0.2) is 4.98 Å². The molecule has 27 heavy (non-hydrogen) atoms. The van der Waals surface area contributed by atoms with Gasteiger partial charge >= 0.3 is 0 Å². The number of carbonyl (C=O) groups is 1. The summed E-state index contributed by atoms with van der Waals surface area (Å²) in [6.45, 7) is 4.46. The Morgan fingerprint density at radius 2 is 1.85 bits per heavy atom. The van der Waals surface area contributed by atoms with Crippen molar-refractivity contribution < 1.29 is 14.3 Å². The zero-order valence-corrected chi connectivity index (χ0v) is 16.0. The van der Waals surface area contributed by atoms with Crippen molar-refractivity contribution in [2.45, 2.75) is 25.6 Å². The molecule has 4 rings (SSSR count). The monoisotopic (exact) mass is 387 g/mol. The van der Waals surface area contributed by atoms with Crippen LogP contribution in [0.4, 0.5) is 11.4 Å². The van der Waals surface area contributed by atoms with E-state index < -0.39 is 5.79 Å². The number of nitrogens with zero attached hydrogens (tertiary/aromatic N) is 2. The van der Waals surface area contributed by atoms with E-state index in [1.165, 1.54) is 0 Å². The van der Waals surface area contributed by atoms with Crippen LogP contribution in [0, 0.1) is 6.92 Å². The van der Waals surface area contributed by atoms with Crippen molar-refractivity contribution >= 4 is 28.9 Å². The van der Waals surface area contributed by atoms with Crippen LogP contribution >= 0.6 is 11.6 Å². The van der Waals surface area contributed by atoms with E-state index in [1.54, 1.807) is 12.3 Å². The summed E-state index contributed by atoms with van der Waals surface area (Å²) in [5.74, 6) is -0.541. The molecule has 6 nitrogen and oxygen atoms in total. The van der Waals surface area contributed by atoms with Gasteiger partial charge in [0.25, 0.3) is 5.91 Å². The summed E-state index contributed by atoms with van der Waals surface area (Å²) in [4.78, 5) is 18.8. The topological polar surface area (TPSA) is 63.7 Å². The molecule has 1 spiro atoms. The third-order valence-corrected chi connectivity index (χ3v) is 5.48. The Labute approximate surface area is 163 Å². The number of rotatable bonds is 3. The molecule has 1 amide bonds. The Hall–Kier alpha value is -2.15. The highest BCUT2D eigenvalue weighted by atomic mass is 35.5. The molecule has 0 radical (unpaired) electrons. The zero-order valence-electron chi connectivity index (χ0n) is 15.2. The average molecular weight is 388 g/mol. The van der Waals surface area contributed by atoms with Crippen LogP contribution in [-0.2, 0) is 9.47 Å². The van der Waals surface area contributed by atoms with Gasteiger partial charge in [0.05, 0.1) is 25.1 Å². The van der Waals surface area contributed by atoms with Crippen LogP contribution in [-0.4, -0.2) is 47.9 Å². The molecule has 0 unspecified atom stereocenters. The number of benzene rings is 1. The highest BCUT2D eigenvalue weighted by molar-refractivity contribution is 6.31. The van der Waals surface area contributed by atoms with Gasteiger partial charge in [-0.2, -0.15) is 0 Å². The van der Waals surface area contributed by atoms with Gasteiger partial charge in [0.2, 0.25) is 0 Å². The second-order valence-electron chi connectivity index (χ2n) is 6.92. The highest BCUT2D eigenvalue weighted by Gasteiger charge is 2.40. The summed E-state index contributed by atoms with van der Waals surface area (Å²) in [6, 6.07) is 9.37. The number of aryl methyl sites for hydroxylation is 1. The number of carbonyl (C=O) groups excluding carboxylic acids is 1. The summed E-state index contributed by atoms with van der Waals surface area (Å²) in [5, 5.41) is 3.95. The maximum absolute atomic E-state index is 12.7. The van der Waals surface area contributed by atoms with E-state index in [9.17, 15) is 4.79 Å². The molecule has 1 N–H and O–H groups in total. The Bertz CT molecular complexity index is 825. The van der Waals surface area contributed by atoms with E-state index in [4.69, 9.17) is 21.1 Å². The Morgan fingerprint density at radius 1 is 1.15 bits per heavy atom. The van der Waals surface area contributed by atoms with Crippen LogP contribution in [0.1, 0.15) is 28.9 Å². The van der Waals surface area contributed by atoms with Gasteiger partial charge in [0.1, 0.15) is 5.69 Å². The molecule has 2 aliphatic heterocycles. The number of anilines is 2. The smallest absolute Gasteiger partial charge is 0.272 e. The van der Waals surface area contributed by atoms with Crippen LogP contribution in [0.3, 0.4) is 0 Å². The molecule has 2 aliphatic rings. The van der Waals surface area contributed by atoms with Crippen molar-refractivity contribution in [1.82, 2.24) is 9.88 Å². The molecule has 0 atom stereocenters. The van der Waals surface area contributed by atoms with Gasteiger partial charge in [-0.3, -0.25) is 4.79 Å². The minimum absolute atomic E-state index is 0.0622. The summed E-state index contributed by atoms with van der Waals surface area (Å²) in [6.07, 6.45) is 3.06. The number of pyridine rings is 1. The lowest BCUT2D eigenvalue weighted by atomic mass is 10.0. The van der Waals surface area contributed by atoms with Crippen molar-refractivity contribution in [3.63, 3.8) is 0 Å². The van der Waals surface area contributed by atoms with Crippen molar-refractivity contribution in [3.8, 4) is 0 Å². The van der Waals surface area contributed by atoms with Crippen LogP contribution in [0.25, 0.3) is 0 Å². The Balaban J connectivity index is 1.38. The lowest BCUT2D eigenvalue weighted by Gasteiger charge is -2.37. The SMILES string of the molecule is Cc1ccc(Nc2ccc(C(=O)N3CCC4(CC3)OCCO4)nc2)cc1Cl. The number of likely N-dealkylation sites (tertiary alicyclic amines) is 1. The Morgan fingerprint density at radius 3 is 2.48 bits per heavy atom. The van der Waals surface area contributed by atoms with Gasteiger partial charge in [-0.1, -0.05) is 17.7 Å². The van der Waals surface area contributed by atoms with Crippen LogP contribution in [0.5, 0.6) is 0 Å². The van der Waals surface area contributed by atoms with Gasteiger partial charge in [0.15, 0.2) is 5.79 Å². The number of hydrogen-bond acceptors (Lipinski definition) is 5. The number of nitrogens with one attached hydrogen (secondary N) is 1. The lowest BCUT2D eigenvalue weighted by Crippen LogP contribution is -2.47. The predicted molar refractivity (Wildman–Crippen MR) is 103 cm³/mol. The van der Waals surface area contributed by atoms with E-state index in [1.807, 2.05) is 36.1 Å².